The smallest absolute Gasteiger partial charge is 0.267 e. The van der Waals surface area contributed by atoms with Gasteiger partial charge in [0, 0.05) is 28.5 Å². The number of hydrogen-bond acceptors (Lipinski definition) is 2. The molecule has 1 heterocycles. The first kappa shape index (κ1) is 14.6. The zero-order valence-corrected chi connectivity index (χ0v) is 13.1. The lowest BCUT2D eigenvalue weighted by atomic mass is 10.3. The minimum absolute atomic E-state index is 0.00898. The first-order valence-electron chi connectivity index (χ1n) is 5.64. The van der Waals surface area contributed by atoms with E-state index in [-0.39, 0.29) is 11.9 Å². The SMILES string of the molecule is CSC(C)CNC(=O)c1cc(Br)cn1C(C)C. The Morgan fingerprint density at radius 3 is 2.71 bits per heavy atom. The van der Waals surface area contributed by atoms with Crippen LogP contribution in [0.4, 0.5) is 0 Å². The number of carbonyl (C=O) groups excluding carboxylic acids is 1. The van der Waals surface area contributed by atoms with Gasteiger partial charge in [0.1, 0.15) is 5.69 Å². The Bertz CT molecular complexity index is 390. The Balaban J connectivity index is 2.74. The van der Waals surface area contributed by atoms with Gasteiger partial charge in [0.25, 0.3) is 5.91 Å². The van der Waals surface area contributed by atoms with Gasteiger partial charge < -0.3 is 9.88 Å². The second-order valence-corrected chi connectivity index (χ2v) is 6.49. The van der Waals surface area contributed by atoms with Crippen molar-refractivity contribution in [1.82, 2.24) is 9.88 Å². The van der Waals surface area contributed by atoms with E-state index in [1.807, 2.05) is 23.1 Å². The third-order valence-corrected chi connectivity index (χ3v) is 3.96. The van der Waals surface area contributed by atoms with Gasteiger partial charge in [0.15, 0.2) is 0 Å². The molecule has 0 aliphatic rings. The molecule has 5 heteroatoms. The second kappa shape index (κ2) is 6.50. The van der Waals surface area contributed by atoms with Crippen LogP contribution in [-0.4, -0.2) is 28.5 Å². The second-order valence-electron chi connectivity index (χ2n) is 4.30. The zero-order valence-electron chi connectivity index (χ0n) is 10.7. The van der Waals surface area contributed by atoms with Crippen molar-refractivity contribution in [3.63, 3.8) is 0 Å². The Kier molecular flexibility index (Phi) is 5.59. The van der Waals surface area contributed by atoms with Crippen LogP contribution < -0.4 is 5.32 Å². The molecule has 1 rings (SSSR count). The summed E-state index contributed by atoms with van der Waals surface area (Å²) in [5.41, 5.74) is 0.708. The number of amides is 1. The zero-order chi connectivity index (χ0) is 13.0. The predicted molar refractivity (Wildman–Crippen MR) is 77.8 cm³/mol. The van der Waals surface area contributed by atoms with Gasteiger partial charge in [-0.05, 0) is 42.1 Å². The number of thioether (sulfide) groups is 1. The number of nitrogens with one attached hydrogen (secondary N) is 1. The molecular weight excluding hydrogens is 300 g/mol. The molecule has 0 saturated heterocycles. The lowest BCUT2D eigenvalue weighted by molar-refractivity contribution is 0.0943. The van der Waals surface area contributed by atoms with Crippen LogP contribution in [0.5, 0.6) is 0 Å². The van der Waals surface area contributed by atoms with Crippen LogP contribution in [0.2, 0.25) is 0 Å². The van der Waals surface area contributed by atoms with E-state index in [1.165, 1.54) is 0 Å². The fraction of sp³-hybridized carbons (Fsp3) is 0.583. The van der Waals surface area contributed by atoms with E-state index in [4.69, 9.17) is 0 Å². The normalized spacial score (nSPS) is 12.8. The van der Waals surface area contributed by atoms with Gasteiger partial charge in [0.2, 0.25) is 0 Å². The molecule has 0 bridgehead atoms. The third-order valence-electron chi connectivity index (χ3n) is 2.56. The molecule has 0 spiro atoms. The number of aromatic nitrogens is 1. The molecule has 0 aromatic carbocycles. The van der Waals surface area contributed by atoms with Gasteiger partial charge in [-0.2, -0.15) is 11.8 Å². The van der Waals surface area contributed by atoms with Crippen LogP contribution in [-0.2, 0) is 0 Å². The van der Waals surface area contributed by atoms with Crippen molar-refractivity contribution in [3.05, 3.63) is 22.4 Å². The van der Waals surface area contributed by atoms with Crippen molar-refractivity contribution < 1.29 is 4.79 Å². The number of halogens is 1. The van der Waals surface area contributed by atoms with E-state index < -0.39 is 0 Å². The highest BCUT2D eigenvalue weighted by molar-refractivity contribution is 9.10. The molecule has 1 aromatic heterocycles. The summed E-state index contributed by atoms with van der Waals surface area (Å²) in [5.74, 6) is -0.00898. The van der Waals surface area contributed by atoms with Gasteiger partial charge in [-0.15, -0.1) is 0 Å². The lowest BCUT2D eigenvalue weighted by Crippen LogP contribution is -2.31. The highest BCUT2D eigenvalue weighted by atomic mass is 79.9. The Hall–Kier alpha value is -0.420. The fourth-order valence-corrected chi connectivity index (χ4v) is 2.15. The van der Waals surface area contributed by atoms with Crippen molar-refractivity contribution >= 4 is 33.6 Å². The molecule has 0 aliphatic carbocycles. The summed E-state index contributed by atoms with van der Waals surface area (Å²) in [6.07, 6.45) is 3.99. The number of hydrogen-bond donors (Lipinski definition) is 1. The molecule has 1 N–H and O–H groups in total. The molecule has 0 saturated carbocycles. The molecule has 1 atom stereocenters. The molecule has 0 radical (unpaired) electrons. The minimum atomic E-state index is -0.00898. The van der Waals surface area contributed by atoms with Gasteiger partial charge >= 0.3 is 0 Å². The largest absolute Gasteiger partial charge is 0.350 e. The first-order valence-corrected chi connectivity index (χ1v) is 7.72. The standard InChI is InChI=1S/C12H19BrN2OS/c1-8(2)15-7-10(13)5-11(15)12(16)14-6-9(3)17-4/h5,7-9H,6H2,1-4H3,(H,14,16). The van der Waals surface area contributed by atoms with Crippen LogP contribution >= 0.6 is 27.7 Å². The van der Waals surface area contributed by atoms with Crippen molar-refractivity contribution in [2.45, 2.75) is 32.1 Å². The van der Waals surface area contributed by atoms with Crippen molar-refractivity contribution in [3.8, 4) is 0 Å². The van der Waals surface area contributed by atoms with Crippen LogP contribution in [0.15, 0.2) is 16.7 Å². The van der Waals surface area contributed by atoms with E-state index in [0.29, 0.717) is 17.5 Å². The van der Waals surface area contributed by atoms with Crippen LogP contribution in [0.1, 0.15) is 37.3 Å². The maximum atomic E-state index is 12.0. The van der Waals surface area contributed by atoms with Crippen molar-refractivity contribution in [2.24, 2.45) is 0 Å². The van der Waals surface area contributed by atoms with Crippen molar-refractivity contribution in [2.75, 3.05) is 12.8 Å². The Morgan fingerprint density at radius 1 is 1.53 bits per heavy atom. The molecule has 0 aliphatic heterocycles. The maximum absolute atomic E-state index is 12.0. The molecule has 17 heavy (non-hydrogen) atoms. The summed E-state index contributed by atoms with van der Waals surface area (Å²) >= 11 is 5.16. The van der Waals surface area contributed by atoms with E-state index in [9.17, 15) is 4.79 Å². The van der Waals surface area contributed by atoms with Gasteiger partial charge in [-0.1, -0.05) is 6.92 Å². The average molecular weight is 319 g/mol. The molecule has 1 aromatic rings. The van der Waals surface area contributed by atoms with Crippen LogP contribution in [0.25, 0.3) is 0 Å². The average Bonchev–Trinajstić information content (AvgIpc) is 2.67. The summed E-state index contributed by atoms with van der Waals surface area (Å²) in [7, 11) is 0. The highest BCUT2D eigenvalue weighted by Crippen LogP contribution is 2.19. The molecule has 0 fully saturated rings. The predicted octanol–water partition coefficient (Wildman–Crippen LogP) is 3.31. The molecule has 3 nitrogen and oxygen atoms in total. The summed E-state index contributed by atoms with van der Waals surface area (Å²) < 4.78 is 2.91. The number of rotatable bonds is 5. The summed E-state index contributed by atoms with van der Waals surface area (Å²) in [6, 6.07) is 2.14. The topological polar surface area (TPSA) is 34.0 Å². The van der Waals surface area contributed by atoms with E-state index >= 15 is 0 Å². The molecule has 96 valence electrons. The molecular formula is C12H19BrN2OS. The monoisotopic (exact) mass is 318 g/mol. The van der Waals surface area contributed by atoms with E-state index in [1.54, 1.807) is 11.8 Å². The fourth-order valence-electron chi connectivity index (χ4n) is 1.47. The van der Waals surface area contributed by atoms with Crippen LogP contribution in [0, 0.1) is 0 Å². The van der Waals surface area contributed by atoms with Gasteiger partial charge in [0.05, 0.1) is 0 Å². The minimum Gasteiger partial charge on any atom is -0.350 e. The molecule has 1 amide bonds. The Labute approximate surface area is 115 Å². The van der Waals surface area contributed by atoms with Crippen LogP contribution in [0.3, 0.4) is 0 Å². The van der Waals surface area contributed by atoms with Crippen molar-refractivity contribution in [1.29, 1.82) is 0 Å². The number of carbonyl (C=O) groups is 1. The first-order chi connectivity index (χ1) is 7.95. The molecule has 1 unspecified atom stereocenters. The quantitative estimate of drug-likeness (QED) is 0.903. The maximum Gasteiger partial charge on any atom is 0.267 e. The summed E-state index contributed by atoms with van der Waals surface area (Å²) in [5, 5.41) is 3.39. The lowest BCUT2D eigenvalue weighted by Gasteiger charge is -2.14. The Morgan fingerprint density at radius 2 is 2.18 bits per heavy atom. The van der Waals surface area contributed by atoms with E-state index in [2.05, 4.69) is 42.0 Å². The summed E-state index contributed by atoms with van der Waals surface area (Å²) in [4.78, 5) is 12.0. The van der Waals surface area contributed by atoms with E-state index in [0.717, 1.165) is 4.47 Å². The highest BCUT2D eigenvalue weighted by Gasteiger charge is 2.15. The van der Waals surface area contributed by atoms with Gasteiger partial charge in [-0.3, -0.25) is 4.79 Å². The summed E-state index contributed by atoms with van der Waals surface area (Å²) in [6.45, 7) is 6.92. The van der Waals surface area contributed by atoms with Gasteiger partial charge in [-0.25, -0.2) is 0 Å². The third kappa shape index (κ3) is 4.07. The number of nitrogens with zero attached hydrogens (tertiary/aromatic N) is 1.